The molecule has 0 aliphatic rings. The fraction of sp³-hybridized carbons (Fsp3) is 0.333. The number of sulfonamides is 1. The Hall–Kier alpha value is -0.180. The van der Waals surface area contributed by atoms with Crippen molar-refractivity contribution in [1.29, 1.82) is 0 Å². The minimum Gasteiger partial charge on any atom is -0.327 e. The number of benzene rings is 1. The molecule has 0 spiro atoms. The predicted molar refractivity (Wildman–Crippen MR) is 68.0 cm³/mol. The molecule has 0 amide bonds. The first-order valence-corrected chi connectivity index (χ1v) is 6.99. The molecule has 0 aliphatic carbocycles. The molecule has 3 N–H and O–H groups in total. The highest BCUT2D eigenvalue weighted by molar-refractivity contribution is 14.1. The van der Waals surface area contributed by atoms with Crippen LogP contribution in [0.1, 0.15) is 6.92 Å². The van der Waals surface area contributed by atoms with Gasteiger partial charge < -0.3 is 5.73 Å². The zero-order valence-electron chi connectivity index (χ0n) is 8.27. The van der Waals surface area contributed by atoms with Gasteiger partial charge in [0, 0.05) is 16.2 Å². The van der Waals surface area contributed by atoms with Crippen molar-refractivity contribution in [3.63, 3.8) is 0 Å². The standard InChI is InChI=1S/C9H13IN2O2S/c1-7(11)6-12-15(13,14)9-4-2-8(10)3-5-9/h2-5,7,12H,6,11H2,1H3. The number of hydrogen-bond acceptors (Lipinski definition) is 3. The van der Waals surface area contributed by atoms with E-state index in [4.69, 9.17) is 5.73 Å². The third-order valence-electron chi connectivity index (χ3n) is 1.72. The summed E-state index contributed by atoms with van der Waals surface area (Å²) in [4.78, 5) is 0.267. The second kappa shape index (κ2) is 5.24. The van der Waals surface area contributed by atoms with Gasteiger partial charge >= 0.3 is 0 Å². The van der Waals surface area contributed by atoms with Crippen LogP contribution in [0.2, 0.25) is 0 Å². The van der Waals surface area contributed by atoms with E-state index in [2.05, 4.69) is 27.3 Å². The second-order valence-corrected chi connectivity index (χ2v) is 6.30. The van der Waals surface area contributed by atoms with Gasteiger partial charge in [-0.25, -0.2) is 13.1 Å². The zero-order valence-corrected chi connectivity index (χ0v) is 11.2. The molecule has 0 aromatic heterocycles. The largest absolute Gasteiger partial charge is 0.327 e. The van der Waals surface area contributed by atoms with Gasteiger partial charge in [-0.2, -0.15) is 0 Å². The fourth-order valence-corrected chi connectivity index (χ4v) is 2.44. The molecule has 1 atom stereocenters. The van der Waals surface area contributed by atoms with E-state index in [1.54, 1.807) is 31.2 Å². The summed E-state index contributed by atoms with van der Waals surface area (Å²) in [5.74, 6) is 0. The first-order chi connectivity index (χ1) is 6.92. The van der Waals surface area contributed by atoms with Crippen molar-refractivity contribution in [3.8, 4) is 0 Å². The van der Waals surface area contributed by atoms with Crippen molar-refractivity contribution < 1.29 is 8.42 Å². The molecule has 0 bridgehead atoms. The van der Waals surface area contributed by atoms with Crippen molar-refractivity contribution >= 4 is 32.6 Å². The lowest BCUT2D eigenvalue weighted by Crippen LogP contribution is -2.35. The van der Waals surface area contributed by atoms with E-state index in [9.17, 15) is 8.42 Å². The third-order valence-corrected chi connectivity index (χ3v) is 3.88. The van der Waals surface area contributed by atoms with Gasteiger partial charge in [0.2, 0.25) is 10.0 Å². The highest BCUT2D eigenvalue weighted by atomic mass is 127. The van der Waals surface area contributed by atoms with Gasteiger partial charge in [0.1, 0.15) is 0 Å². The van der Waals surface area contributed by atoms with E-state index in [1.807, 2.05) is 0 Å². The van der Waals surface area contributed by atoms with E-state index in [1.165, 1.54) is 0 Å². The maximum Gasteiger partial charge on any atom is 0.240 e. The smallest absolute Gasteiger partial charge is 0.240 e. The molecule has 0 saturated carbocycles. The van der Waals surface area contributed by atoms with Gasteiger partial charge in [0.25, 0.3) is 0 Å². The molecule has 0 radical (unpaired) electrons. The van der Waals surface area contributed by atoms with Gasteiger partial charge in [0.05, 0.1) is 4.90 Å². The van der Waals surface area contributed by atoms with E-state index < -0.39 is 10.0 Å². The molecular weight excluding hydrogens is 327 g/mol. The van der Waals surface area contributed by atoms with Crippen LogP contribution >= 0.6 is 22.6 Å². The predicted octanol–water partition coefficient (Wildman–Crippen LogP) is 0.917. The van der Waals surface area contributed by atoms with Gasteiger partial charge in [-0.3, -0.25) is 0 Å². The fourth-order valence-electron chi connectivity index (χ4n) is 0.938. The van der Waals surface area contributed by atoms with Crippen molar-refractivity contribution in [2.75, 3.05) is 6.54 Å². The lowest BCUT2D eigenvalue weighted by Gasteiger charge is -2.08. The Labute approximate surface area is 103 Å². The van der Waals surface area contributed by atoms with Crippen LogP contribution in [0.3, 0.4) is 0 Å². The molecule has 0 aliphatic heterocycles. The Balaban J connectivity index is 2.82. The van der Waals surface area contributed by atoms with Crippen molar-refractivity contribution in [2.24, 2.45) is 5.73 Å². The van der Waals surface area contributed by atoms with Crippen LogP contribution in [0.4, 0.5) is 0 Å². The third kappa shape index (κ3) is 4.06. The van der Waals surface area contributed by atoms with Gasteiger partial charge in [0.15, 0.2) is 0 Å². The van der Waals surface area contributed by atoms with Crippen LogP contribution in [0.25, 0.3) is 0 Å². The summed E-state index contributed by atoms with van der Waals surface area (Å²) in [6, 6.07) is 6.46. The molecule has 0 heterocycles. The molecule has 84 valence electrons. The van der Waals surface area contributed by atoms with Crippen LogP contribution < -0.4 is 10.5 Å². The Bertz CT molecular complexity index is 414. The Morgan fingerprint density at radius 1 is 1.40 bits per heavy atom. The summed E-state index contributed by atoms with van der Waals surface area (Å²) >= 11 is 2.12. The van der Waals surface area contributed by atoms with Crippen molar-refractivity contribution in [3.05, 3.63) is 27.8 Å². The maximum absolute atomic E-state index is 11.7. The molecular formula is C9H13IN2O2S. The molecule has 6 heteroatoms. The highest BCUT2D eigenvalue weighted by Gasteiger charge is 2.13. The Kier molecular flexibility index (Phi) is 4.50. The molecule has 1 rings (SSSR count). The molecule has 1 aromatic carbocycles. The Morgan fingerprint density at radius 2 is 1.93 bits per heavy atom. The maximum atomic E-state index is 11.7. The average Bonchev–Trinajstić information content (AvgIpc) is 2.16. The number of halogens is 1. The molecule has 0 fully saturated rings. The van der Waals surface area contributed by atoms with Crippen molar-refractivity contribution in [2.45, 2.75) is 17.9 Å². The Morgan fingerprint density at radius 3 is 2.40 bits per heavy atom. The topological polar surface area (TPSA) is 72.2 Å². The van der Waals surface area contributed by atoms with Gasteiger partial charge in [-0.1, -0.05) is 0 Å². The van der Waals surface area contributed by atoms with Crippen LogP contribution in [-0.4, -0.2) is 21.0 Å². The molecule has 1 unspecified atom stereocenters. The first kappa shape index (κ1) is 12.9. The summed E-state index contributed by atoms with van der Waals surface area (Å²) in [6.07, 6.45) is 0. The highest BCUT2D eigenvalue weighted by Crippen LogP contribution is 2.11. The average molecular weight is 340 g/mol. The van der Waals surface area contributed by atoms with Crippen LogP contribution in [0.5, 0.6) is 0 Å². The molecule has 4 nitrogen and oxygen atoms in total. The number of hydrogen-bond donors (Lipinski definition) is 2. The van der Waals surface area contributed by atoms with Crippen molar-refractivity contribution in [1.82, 2.24) is 4.72 Å². The summed E-state index contributed by atoms with van der Waals surface area (Å²) in [5, 5.41) is 0. The SMILES string of the molecule is CC(N)CNS(=O)(=O)c1ccc(I)cc1. The van der Waals surface area contributed by atoms with Gasteiger partial charge in [-0.15, -0.1) is 0 Å². The zero-order chi connectivity index (χ0) is 11.5. The van der Waals surface area contributed by atoms with E-state index >= 15 is 0 Å². The summed E-state index contributed by atoms with van der Waals surface area (Å²) in [7, 11) is -3.41. The minimum absolute atomic E-state index is 0.191. The lowest BCUT2D eigenvalue weighted by molar-refractivity contribution is 0.574. The molecule has 15 heavy (non-hydrogen) atoms. The van der Waals surface area contributed by atoms with Crippen LogP contribution in [0.15, 0.2) is 29.2 Å². The normalized spacial score (nSPS) is 13.8. The summed E-state index contributed by atoms with van der Waals surface area (Å²) in [5.41, 5.74) is 5.47. The summed E-state index contributed by atoms with van der Waals surface area (Å²) in [6.45, 7) is 1.99. The van der Waals surface area contributed by atoms with E-state index in [-0.39, 0.29) is 17.5 Å². The first-order valence-electron chi connectivity index (χ1n) is 4.42. The van der Waals surface area contributed by atoms with E-state index in [0.29, 0.717) is 0 Å². The lowest BCUT2D eigenvalue weighted by atomic mass is 10.4. The number of nitrogens with two attached hydrogens (primary N) is 1. The number of rotatable bonds is 4. The van der Waals surface area contributed by atoms with Gasteiger partial charge in [-0.05, 0) is 53.8 Å². The second-order valence-electron chi connectivity index (χ2n) is 3.28. The van der Waals surface area contributed by atoms with Crippen LogP contribution in [-0.2, 0) is 10.0 Å². The molecule has 1 aromatic rings. The number of nitrogens with one attached hydrogen (secondary N) is 1. The summed E-state index contributed by atoms with van der Waals surface area (Å²) < 4.78 is 26.8. The molecule has 0 saturated heterocycles. The minimum atomic E-state index is -3.41. The van der Waals surface area contributed by atoms with E-state index in [0.717, 1.165) is 3.57 Å². The monoisotopic (exact) mass is 340 g/mol. The quantitative estimate of drug-likeness (QED) is 0.801. The van der Waals surface area contributed by atoms with Crippen LogP contribution in [0, 0.1) is 3.57 Å².